The van der Waals surface area contributed by atoms with Crippen molar-refractivity contribution in [2.75, 3.05) is 19.6 Å². The van der Waals surface area contributed by atoms with E-state index in [0.717, 1.165) is 6.07 Å². The highest BCUT2D eigenvalue weighted by atomic mass is 79.9. The van der Waals surface area contributed by atoms with Crippen LogP contribution in [0.2, 0.25) is 0 Å². The molecule has 1 atom stereocenters. The first-order valence-electron chi connectivity index (χ1n) is 5.70. The summed E-state index contributed by atoms with van der Waals surface area (Å²) < 4.78 is 52.8. The molecule has 1 N–H and O–H groups in total. The predicted octanol–water partition coefficient (Wildman–Crippen LogP) is 2.13. The molecule has 0 amide bonds. The fourth-order valence-electron chi connectivity index (χ4n) is 1.96. The minimum atomic E-state index is -4.01. The highest BCUT2D eigenvalue weighted by Crippen LogP contribution is 2.26. The Bertz CT molecular complexity index is 600. The number of sulfonamides is 1. The molecule has 1 aliphatic rings. The van der Waals surface area contributed by atoms with Crippen molar-refractivity contribution in [2.45, 2.75) is 17.9 Å². The summed E-state index contributed by atoms with van der Waals surface area (Å²) in [5, 5.41) is 3.09. The first kappa shape index (κ1) is 17.8. The SMILES string of the molecule is CC1CN(S(=O)(=O)c2cc(F)c(Br)cc2F)CCN1.Cl. The third kappa shape index (κ3) is 3.48. The van der Waals surface area contributed by atoms with Gasteiger partial charge in [-0.05, 0) is 35.0 Å². The number of nitrogens with one attached hydrogen (secondary N) is 1. The molecule has 1 unspecified atom stereocenters. The lowest BCUT2D eigenvalue weighted by Crippen LogP contribution is -2.51. The van der Waals surface area contributed by atoms with E-state index in [9.17, 15) is 17.2 Å². The van der Waals surface area contributed by atoms with E-state index in [-0.39, 0.29) is 36.0 Å². The molecule has 1 fully saturated rings. The van der Waals surface area contributed by atoms with Crippen molar-refractivity contribution < 1.29 is 17.2 Å². The van der Waals surface area contributed by atoms with E-state index in [1.807, 2.05) is 6.92 Å². The topological polar surface area (TPSA) is 49.4 Å². The van der Waals surface area contributed by atoms with Crippen LogP contribution in [0.3, 0.4) is 0 Å². The van der Waals surface area contributed by atoms with Crippen LogP contribution in [0.15, 0.2) is 21.5 Å². The average molecular weight is 392 g/mol. The maximum Gasteiger partial charge on any atom is 0.246 e. The molecule has 1 aliphatic heterocycles. The number of benzene rings is 1. The van der Waals surface area contributed by atoms with Crippen LogP contribution in [0.25, 0.3) is 0 Å². The Morgan fingerprint density at radius 2 is 2.00 bits per heavy atom. The zero-order valence-electron chi connectivity index (χ0n) is 10.6. The Balaban J connectivity index is 0.00000200. The summed E-state index contributed by atoms with van der Waals surface area (Å²) in [6.07, 6.45) is 0. The third-order valence-corrected chi connectivity index (χ3v) is 5.41. The van der Waals surface area contributed by atoms with E-state index in [1.165, 1.54) is 4.31 Å². The molecule has 0 radical (unpaired) electrons. The maximum absolute atomic E-state index is 13.8. The van der Waals surface area contributed by atoms with Crippen LogP contribution in [0.5, 0.6) is 0 Å². The van der Waals surface area contributed by atoms with Crippen molar-refractivity contribution in [1.82, 2.24) is 9.62 Å². The second-order valence-corrected chi connectivity index (χ2v) is 7.18. The van der Waals surface area contributed by atoms with Gasteiger partial charge in [0.05, 0.1) is 4.47 Å². The Morgan fingerprint density at radius 1 is 1.35 bits per heavy atom. The van der Waals surface area contributed by atoms with E-state index in [2.05, 4.69) is 21.2 Å². The smallest absolute Gasteiger partial charge is 0.246 e. The van der Waals surface area contributed by atoms with Crippen LogP contribution in [0.4, 0.5) is 8.78 Å². The van der Waals surface area contributed by atoms with Gasteiger partial charge < -0.3 is 5.32 Å². The maximum atomic E-state index is 13.8. The Labute approximate surface area is 131 Å². The number of nitrogens with zero attached hydrogens (tertiary/aromatic N) is 1. The molecule has 114 valence electrons. The van der Waals surface area contributed by atoms with E-state index >= 15 is 0 Å². The van der Waals surface area contributed by atoms with Crippen molar-refractivity contribution in [3.05, 3.63) is 28.2 Å². The quantitative estimate of drug-likeness (QED) is 0.786. The van der Waals surface area contributed by atoms with Gasteiger partial charge in [-0.15, -0.1) is 12.4 Å². The first-order valence-corrected chi connectivity index (χ1v) is 7.94. The molecule has 2 rings (SSSR count). The van der Waals surface area contributed by atoms with Gasteiger partial charge in [-0.3, -0.25) is 0 Å². The molecule has 1 heterocycles. The molecular weight excluding hydrogens is 378 g/mol. The van der Waals surface area contributed by atoms with Crippen LogP contribution in [-0.2, 0) is 10.0 Å². The number of rotatable bonds is 2. The standard InChI is InChI=1S/C11H13BrF2N2O2S.ClH/c1-7-6-16(3-2-15-7)19(17,18)11-5-9(13)8(12)4-10(11)14;/h4-5,7,15H,2-3,6H2,1H3;1H. The Hall–Kier alpha value is -0.280. The Morgan fingerprint density at radius 3 is 2.60 bits per heavy atom. The third-order valence-electron chi connectivity index (χ3n) is 2.92. The van der Waals surface area contributed by atoms with Gasteiger partial charge in [0.2, 0.25) is 10.0 Å². The number of piperazine rings is 1. The van der Waals surface area contributed by atoms with E-state index < -0.39 is 26.6 Å². The molecule has 20 heavy (non-hydrogen) atoms. The molecule has 4 nitrogen and oxygen atoms in total. The molecule has 1 aromatic carbocycles. The van der Waals surface area contributed by atoms with Crippen molar-refractivity contribution in [3.8, 4) is 0 Å². The second kappa shape index (κ2) is 6.65. The lowest BCUT2D eigenvalue weighted by molar-refractivity contribution is 0.309. The average Bonchev–Trinajstić information content (AvgIpc) is 2.33. The fourth-order valence-corrected chi connectivity index (χ4v) is 3.86. The van der Waals surface area contributed by atoms with Gasteiger partial charge >= 0.3 is 0 Å². The number of halogens is 4. The largest absolute Gasteiger partial charge is 0.312 e. The highest BCUT2D eigenvalue weighted by Gasteiger charge is 2.31. The zero-order chi connectivity index (χ0) is 14.2. The number of hydrogen-bond acceptors (Lipinski definition) is 3. The van der Waals surface area contributed by atoms with Crippen molar-refractivity contribution in [2.24, 2.45) is 0 Å². The highest BCUT2D eigenvalue weighted by molar-refractivity contribution is 9.10. The van der Waals surface area contributed by atoms with Gasteiger partial charge in [0.25, 0.3) is 0 Å². The molecular formula is C11H14BrClF2N2O2S. The van der Waals surface area contributed by atoms with E-state index in [4.69, 9.17) is 0 Å². The second-order valence-electron chi connectivity index (χ2n) is 4.41. The molecule has 0 saturated carbocycles. The van der Waals surface area contributed by atoms with Crippen LogP contribution in [0, 0.1) is 11.6 Å². The predicted molar refractivity (Wildman–Crippen MR) is 77.5 cm³/mol. The minimum Gasteiger partial charge on any atom is -0.312 e. The summed E-state index contributed by atoms with van der Waals surface area (Å²) in [5.74, 6) is -1.76. The summed E-state index contributed by atoms with van der Waals surface area (Å²) in [6.45, 7) is 2.80. The zero-order valence-corrected chi connectivity index (χ0v) is 13.8. The minimum absolute atomic E-state index is 0. The lowest BCUT2D eigenvalue weighted by Gasteiger charge is -2.31. The van der Waals surface area contributed by atoms with E-state index in [0.29, 0.717) is 12.6 Å². The monoisotopic (exact) mass is 390 g/mol. The van der Waals surface area contributed by atoms with Gasteiger partial charge in [0.1, 0.15) is 16.5 Å². The van der Waals surface area contributed by atoms with Crippen molar-refractivity contribution in [3.63, 3.8) is 0 Å². The molecule has 9 heteroatoms. The summed E-state index contributed by atoms with van der Waals surface area (Å²) in [5.41, 5.74) is 0. The van der Waals surface area contributed by atoms with E-state index in [1.54, 1.807) is 0 Å². The fraction of sp³-hybridized carbons (Fsp3) is 0.455. The van der Waals surface area contributed by atoms with Crippen LogP contribution >= 0.6 is 28.3 Å². The molecule has 0 aliphatic carbocycles. The summed E-state index contributed by atoms with van der Waals surface area (Å²) in [6, 6.07) is 1.52. The van der Waals surface area contributed by atoms with Gasteiger partial charge in [0, 0.05) is 25.7 Å². The van der Waals surface area contributed by atoms with Crippen LogP contribution in [0.1, 0.15) is 6.92 Å². The van der Waals surface area contributed by atoms with Gasteiger partial charge in [-0.25, -0.2) is 17.2 Å². The van der Waals surface area contributed by atoms with Crippen molar-refractivity contribution >= 4 is 38.4 Å². The van der Waals surface area contributed by atoms with Crippen LogP contribution < -0.4 is 5.32 Å². The van der Waals surface area contributed by atoms with Gasteiger partial charge in [-0.1, -0.05) is 0 Å². The molecule has 0 spiro atoms. The molecule has 1 aromatic rings. The molecule has 1 saturated heterocycles. The number of hydrogen-bond donors (Lipinski definition) is 1. The molecule has 0 aromatic heterocycles. The van der Waals surface area contributed by atoms with Crippen LogP contribution in [-0.4, -0.2) is 38.4 Å². The Kier molecular flexibility index (Phi) is 5.91. The summed E-state index contributed by atoms with van der Waals surface area (Å²) in [7, 11) is -4.01. The lowest BCUT2D eigenvalue weighted by atomic mass is 10.3. The van der Waals surface area contributed by atoms with Gasteiger partial charge in [0.15, 0.2) is 0 Å². The summed E-state index contributed by atoms with van der Waals surface area (Å²) >= 11 is 2.82. The summed E-state index contributed by atoms with van der Waals surface area (Å²) in [4.78, 5) is -0.623. The van der Waals surface area contributed by atoms with Gasteiger partial charge in [-0.2, -0.15) is 4.31 Å². The van der Waals surface area contributed by atoms with Crippen molar-refractivity contribution in [1.29, 1.82) is 0 Å². The normalized spacial score (nSPS) is 20.5. The molecule has 0 bridgehead atoms. The first-order chi connectivity index (χ1) is 8.82.